The highest BCUT2D eigenvalue weighted by molar-refractivity contribution is 6.03. The number of aromatic nitrogens is 4. The molecule has 2 rings (SSSR count). The Hall–Kier alpha value is -2.11. The molecule has 0 fully saturated rings. The summed E-state index contributed by atoms with van der Waals surface area (Å²) in [5.74, 6) is -0.169. The zero-order chi connectivity index (χ0) is 13.1. The van der Waals surface area contributed by atoms with Gasteiger partial charge in [0.2, 0.25) is 0 Å². The lowest BCUT2D eigenvalue weighted by molar-refractivity contribution is 0.102. The molecule has 96 valence electrons. The Bertz CT molecular complexity index is 540. The van der Waals surface area contributed by atoms with Crippen molar-refractivity contribution < 1.29 is 4.79 Å². The van der Waals surface area contributed by atoms with Crippen LogP contribution in [0.2, 0.25) is 0 Å². The van der Waals surface area contributed by atoms with Gasteiger partial charge in [0.05, 0.1) is 23.6 Å². The third-order valence-corrected chi connectivity index (χ3v) is 2.61. The van der Waals surface area contributed by atoms with Gasteiger partial charge in [-0.05, 0) is 20.8 Å². The zero-order valence-electron chi connectivity index (χ0n) is 10.8. The first-order valence-corrected chi connectivity index (χ1v) is 5.98. The van der Waals surface area contributed by atoms with Gasteiger partial charge in [-0.2, -0.15) is 10.2 Å². The molecule has 0 spiro atoms. The second-order valence-corrected chi connectivity index (χ2v) is 4.34. The van der Waals surface area contributed by atoms with E-state index in [1.807, 2.05) is 27.0 Å². The number of carbonyl (C=O) groups excluding carboxylic acids is 1. The normalized spacial score (nSPS) is 10.9. The molecule has 0 aromatic carbocycles. The molecule has 2 heterocycles. The highest BCUT2D eigenvalue weighted by atomic mass is 16.1. The van der Waals surface area contributed by atoms with E-state index in [0.717, 1.165) is 6.54 Å². The molecule has 6 nitrogen and oxygen atoms in total. The minimum absolute atomic E-state index is 0.169. The van der Waals surface area contributed by atoms with Crippen LogP contribution in [-0.2, 0) is 6.54 Å². The number of nitrogens with one attached hydrogen (secondary N) is 1. The van der Waals surface area contributed by atoms with E-state index in [1.165, 1.54) is 0 Å². The summed E-state index contributed by atoms with van der Waals surface area (Å²) in [6, 6.07) is 0.276. The van der Waals surface area contributed by atoms with Crippen molar-refractivity contribution in [3.05, 3.63) is 30.4 Å². The van der Waals surface area contributed by atoms with Crippen LogP contribution in [0, 0.1) is 0 Å². The predicted octanol–water partition coefficient (Wildman–Crippen LogP) is 1.93. The van der Waals surface area contributed by atoms with Crippen LogP contribution < -0.4 is 5.32 Å². The van der Waals surface area contributed by atoms with Gasteiger partial charge < -0.3 is 5.32 Å². The van der Waals surface area contributed by atoms with Gasteiger partial charge in [0.25, 0.3) is 5.91 Å². The van der Waals surface area contributed by atoms with Crippen molar-refractivity contribution in [1.29, 1.82) is 0 Å². The monoisotopic (exact) mass is 247 g/mol. The highest BCUT2D eigenvalue weighted by Crippen LogP contribution is 2.11. The molecule has 1 N–H and O–H groups in total. The SMILES string of the molecule is CCn1cc(C(=O)Nc2cnn(C(C)C)c2)cn1. The largest absolute Gasteiger partial charge is 0.319 e. The molecule has 0 aliphatic rings. The molecule has 0 aliphatic heterocycles. The number of carbonyl (C=O) groups is 1. The van der Waals surface area contributed by atoms with E-state index in [-0.39, 0.29) is 11.9 Å². The van der Waals surface area contributed by atoms with Crippen LogP contribution >= 0.6 is 0 Å². The Morgan fingerprint density at radius 2 is 2.11 bits per heavy atom. The fourth-order valence-corrected chi connectivity index (χ4v) is 1.54. The van der Waals surface area contributed by atoms with Crippen molar-refractivity contribution in [2.24, 2.45) is 0 Å². The molecule has 0 saturated heterocycles. The Labute approximate surface area is 106 Å². The fraction of sp³-hybridized carbons (Fsp3) is 0.417. The summed E-state index contributed by atoms with van der Waals surface area (Å²) >= 11 is 0. The summed E-state index contributed by atoms with van der Waals surface area (Å²) in [6.45, 7) is 6.79. The molecule has 2 aromatic heterocycles. The van der Waals surface area contributed by atoms with Crippen molar-refractivity contribution in [3.8, 4) is 0 Å². The molecular formula is C12H17N5O. The minimum atomic E-state index is -0.169. The number of aryl methyl sites for hydroxylation is 1. The van der Waals surface area contributed by atoms with Crippen molar-refractivity contribution in [2.75, 3.05) is 5.32 Å². The molecule has 1 amide bonds. The minimum Gasteiger partial charge on any atom is -0.319 e. The van der Waals surface area contributed by atoms with Crippen LogP contribution in [0.3, 0.4) is 0 Å². The van der Waals surface area contributed by atoms with E-state index < -0.39 is 0 Å². The van der Waals surface area contributed by atoms with Crippen LogP contribution in [-0.4, -0.2) is 25.5 Å². The standard InChI is InChI=1S/C12H17N5O/c1-4-16-7-10(5-13-16)12(18)15-11-6-14-17(8-11)9(2)3/h5-9H,4H2,1-3H3,(H,15,18). The van der Waals surface area contributed by atoms with Gasteiger partial charge in [0.1, 0.15) is 0 Å². The van der Waals surface area contributed by atoms with Gasteiger partial charge in [-0.1, -0.05) is 0 Å². The number of anilines is 1. The van der Waals surface area contributed by atoms with Crippen molar-refractivity contribution in [1.82, 2.24) is 19.6 Å². The lowest BCUT2D eigenvalue weighted by atomic mass is 10.3. The molecular weight excluding hydrogens is 230 g/mol. The topological polar surface area (TPSA) is 64.7 Å². The summed E-state index contributed by atoms with van der Waals surface area (Å²) in [7, 11) is 0. The Kier molecular flexibility index (Phi) is 3.45. The first kappa shape index (κ1) is 12.3. The van der Waals surface area contributed by atoms with Gasteiger partial charge in [-0.25, -0.2) is 0 Å². The first-order valence-electron chi connectivity index (χ1n) is 5.98. The number of amides is 1. The van der Waals surface area contributed by atoms with Crippen LogP contribution in [0.5, 0.6) is 0 Å². The van der Waals surface area contributed by atoms with E-state index in [9.17, 15) is 4.79 Å². The third-order valence-electron chi connectivity index (χ3n) is 2.61. The molecule has 6 heteroatoms. The molecule has 0 radical (unpaired) electrons. The second-order valence-electron chi connectivity index (χ2n) is 4.34. The van der Waals surface area contributed by atoms with Crippen LogP contribution in [0.25, 0.3) is 0 Å². The van der Waals surface area contributed by atoms with E-state index in [2.05, 4.69) is 15.5 Å². The molecule has 0 saturated carbocycles. The van der Waals surface area contributed by atoms with Crippen LogP contribution in [0.4, 0.5) is 5.69 Å². The smallest absolute Gasteiger partial charge is 0.258 e. The summed E-state index contributed by atoms with van der Waals surface area (Å²) < 4.78 is 3.51. The van der Waals surface area contributed by atoms with E-state index in [4.69, 9.17) is 0 Å². The third kappa shape index (κ3) is 2.58. The fourth-order valence-electron chi connectivity index (χ4n) is 1.54. The van der Waals surface area contributed by atoms with Gasteiger partial charge in [-0.15, -0.1) is 0 Å². The maximum atomic E-state index is 11.9. The second kappa shape index (κ2) is 5.03. The predicted molar refractivity (Wildman–Crippen MR) is 68.5 cm³/mol. The van der Waals surface area contributed by atoms with Crippen LogP contribution in [0.1, 0.15) is 37.2 Å². The van der Waals surface area contributed by atoms with Gasteiger partial charge >= 0.3 is 0 Å². The van der Waals surface area contributed by atoms with Gasteiger partial charge in [-0.3, -0.25) is 14.2 Å². The summed E-state index contributed by atoms with van der Waals surface area (Å²) in [4.78, 5) is 11.9. The van der Waals surface area contributed by atoms with E-state index >= 15 is 0 Å². The summed E-state index contributed by atoms with van der Waals surface area (Å²) in [5.41, 5.74) is 1.24. The highest BCUT2D eigenvalue weighted by Gasteiger charge is 2.10. The number of hydrogen-bond donors (Lipinski definition) is 1. The maximum Gasteiger partial charge on any atom is 0.258 e. The van der Waals surface area contributed by atoms with Crippen LogP contribution in [0.15, 0.2) is 24.8 Å². The van der Waals surface area contributed by atoms with E-state index in [0.29, 0.717) is 11.3 Å². The van der Waals surface area contributed by atoms with Crippen molar-refractivity contribution in [2.45, 2.75) is 33.4 Å². The summed E-state index contributed by atoms with van der Waals surface area (Å²) in [5, 5.41) is 11.0. The number of nitrogens with zero attached hydrogens (tertiary/aromatic N) is 4. The number of rotatable bonds is 4. The van der Waals surface area contributed by atoms with Crippen molar-refractivity contribution in [3.63, 3.8) is 0 Å². The summed E-state index contributed by atoms with van der Waals surface area (Å²) in [6.07, 6.45) is 6.74. The Balaban J connectivity index is 2.06. The molecule has 18 heavy (non-hydrogen) atoms. The van der Waals surface area contributed by atoms with E-state index in [1.54, 1.807) is 28.0 Å². The molecule has 2 aromatic rings. The quantitative estimate of drug-likeness (QED) is 0.897. The Morgan fingerprint density at radius 3 is 2.67 bits per heavy atom. The van der Waals surface area contributed by atoms with Gasteiger partial charge in [0, 0.05) is 25.0 Å². The zero-order valence-corrected chi connectivity index (χ0v) is 10.8. The lowest BCUT2D eigenvalue weighted by Gasteiger charge is -2.03. The lowest BCUT2D eigenvalue weighted by Crippen LogP contribution is -2.10. The molecule has 0 bridgehead atoms. The average Bonchev–Trinajstić information content (AvgIpc) is 2.96. The molecule has 0 aliphatic carbocycles. The maximum absolute atomic E-state index is 11.9. The first-order chi connectivity index (χ1) is 8.60. The molecule has 0 atom stereocenters. The van der Waals surface area contributed by atoms with Gasteiger partial charge in [0.15, 0.2) is 0 Å². The van der Waals surface area contributed by atoms with Crippen molar-refractivity contribution >= 4 is 11.6 Å². The number of hydrogen-bond acceptors (Lipinski definition) is 3. The molecule has 0 unspecified atom stereocenters. The Morgan fingerprint density at radius 1 is 1.33 bits per heavy atom. The average molecular weight is 247 g/mol.